The number of cyclic esters (lactones) is 1. The highest BCUT2D eigenvalue weighted by molar-refractivity contribution is 6.13. The summed E-state index contributed by atoms with van der Waals surface area (Å²) in [6.45, 7) is 10.2. The van der Waals surface area contributed by atoms with Gasteiger partial charge in [-0.05, 0) is 67.5 Å². The fourth-order valence-electron chi connectivity index (χ4n) is 10.6. The lowest BCUT2D eigenvalue weighted by molar-refractivity contribution is -0.172. The van der Waals surface area contributed by atoms with Crippen LogP contribution >= 0.6 is 0 Å². The summed E-state index contributed by atoms with van der Waals surface area (Å²) in [5, 5.41) is 35.5. The molecule has 7 heterocycles. The fraction of sp³-hybridized carbons (Fsp3) is 0.456. The van der Waals surface area contributed by atoms with E-state index in [0.717, 1.165) is 33.6 Å². The number of carbonyl (C=O) groups excluding carboxylic acids is 8. The normalized spacial score (nSPS) is 18.0. The van der Waals surface area contributed by atoms with Gasteiger partial charge in [0, 0.05) is 106 Å². The molecule has 9 rings (SSSR count). The van der Waals surface area contributed by atoms with Crippen LogP contribution in [-0.4, -0.2) is 159 Å². The van der Waals surface area contributed by atoms with E-state index in [-0.39, 0.29) is 81.4 Å². The van der Waals surface area contributed by atoms with E-state index in [4.69, 9.17) is 23.9 Å². The van der Waals surface area contributed by atoms with E-state index in [1.807, 2.05) is 26.0 Å². The zero-order chi connectivity index (χ0) is 59.3. The molecule has 7 amide bonds. The molecular weight excluding hydrogens is 1080 g/mol. The fourth-order valence-corrected chi connectivity index (χ4v) is 10.6. The largest absolute Gasteiger partial charge is 0.481 e. The number of hydrogen-bond donors (Lipinski definition) is 7. The molecule has 5 aliphatic rings. The smallest absolute Gasteiger partial charge is 0.410 e. The maximum absolute atomic E-state index is 14.0. The van der Waals surface area contributed by atoms with E-state index in [2.05, 4.69) is 31.5 Å². The van der Waals surface area contributed by atoms with Gasteiger partial charge in [0.15, 0.2) is 17.1 Å². The molecule has 0 bridgehead atoms. The number of esters is 1. The molecule has 4 aromatic rings. The summed E-state index contributed by atoms with van der Waals surface area (Å²) in [7, 11) is 0. The second kappa shape index (κ2) is 25.2. The molecule has 0 aliphatic carbocycles. The number of aromatic nitrogens is 2. The quantitative estimate of drug-likeness (QED) is 0.0277. The van der Waals surface area contributed by atoms with Gasteiger partial charge in [0.25, 0.3) is 17.4 Å². The lowest BCUT2D eigenvalue weighted by Gasteiger charge is -2.34. The average Bonchev–Trinajstić information content (AvgIpc) is 1.87. The Bertz CT molecular complexity index is 3340. The Kier molecular flexibility index (Phi) is 17.9. The van der Waals surface area contributed by atoms with E-state index in [1.54, 1.807) is 46.7 Å². The molecule has 5 aliphatic heterocycles. The van der Waals surface area contributed by atoms with Gasteiger partial charge >= 0.3 is 18.0 Å². The standard InChI is InChI=1S/C57H66N10O16/c1-5-57(79)39-24-43-50-37(27-67(43)54(76)38(39)29-80-55(57)77)36(35-23-44-45(83-30-82-44)25-41(35)62-50)26-58-15-17-64-18-20-65(21-19-64)56(78)81-28-33-6-8-34(9-7-33)60-52(74)40(10-13-49(71)72)63-51(73)32(4)59-53(75)42(22-31(2)3)61-46(68)14-16-66-47(69)11-12-48(66)70/h6-9,11-12,23-25,31-32,40,42,58,79H,5,10,13-22,26-30H2,1-4H3,(H,59,75)(H,60,74)(H,61,68)(H,63,73)(H,71,72)/t32-,40-,42+,57-/m0/s1. The third-order valence-corrected chi connectivity index (χ3v) is 15.3. The third kappa shape index (κ3) is 13.1. The number of pyridine rings is 2. The molecule has 1 fully saturated rings. The Morgan fingerprint density at radius 2 is 1.52 bits per heavy atom. The Morgan fingerprint density at radius 3 is 2.20 bits per heavy atom. The summed E-state index contributed by atoms with van der Waals surface area (Å²) < 4.78 is 23.9. The van der Waals surface area contributed by atoms with Crippen molar-refractivity contribution in [2.24, 2.45) is 5.92 Å². The predicted molar refractivity (Wildman–Crippen MR) is 294 cm³/mol. The molecule has 1 saturated heterocycles. The number of carbonyl (C=O) groups is 9. The van der Waals surface area contributed by atoms with Gasteiger partial charge in [-0.15, -0.1) is 0 Å². The summed E-state index contributed by atoms with van der Waals surface area (Å²) >= 11 is 0. The number of carboxylic acids is 1. The molecule has 0 spiro atoms. The Labute approximate surface area is 475 Å². The van der Waals surface area contributed by atoms with Gasteiger partial charge in [-0.3, -0.25) is 48.2 Å². The van der Waals surface area contributed by atoms with Crippen molar-refractivity contribution in [3.8, 4) is 22.9 Å². The van der Waals surface area contributed by atoms with E-state index in [0.29, 0.717) is 85.5 Å². The molecule has 440 valence electrons. The monoisotopic (exact) mass is 1150 g/mol. The van der Waals surface area contributed by atoms with Crippen molar-refractivity contribution >= 4 is 70.1 Å². The predicted octanol–water partition coefficient (Wildman–Crippen LogP) is 1.49. The van der Waals surface area contributed by atoms with Gasteiger partial charge < -0.3 is 65.2 Å². The molecule has 2 aromatic carbocycles. The van der Waals surface area contributed by atoms with Gasteiger partial charge in [0.05, 0.1) is 29.0 Å². The number of amides is 7. The van der Waals surface area contributed by atoms with Crippen LogP contribution in [0.2, 0.25) is 0 Å². The molecule has 4 atom stereocenters. The Balaban J connectivity index is 0.730. The summed E-state index contributed by atoms with van der Waals surface area (Å²) in [6.07, 6.45) is 0.909. The number of nitrogens with zero attached hydrogens (tertiary/aromatic N) is 5. The first-order chi connectivity index (χ1) is 39.7. The van der Waals surface area contributed by atoms with E-state index < -0.39 is 83.6 Å². The average molecular weight is 1150 g/mol. The van der Waals surface area contributed by atoms with Crippen molar-refractivity contribution in [2.45, 2.75) is 110 Å². The number of nitrogens with one attached hydrogen (secondary N) is 5. The molecule has 26 heteroatoms. The van der Waals surface area contributed by atoms with Gasteiger partial charge in [-0.25, -0.2) is 14.6 Å². The van der Waals surface area contributed by atoms with Crippen LogP contribution in [0.15, 0.2) is 59.4 Å². The number of aliphatic carboxylic acids is 1. The highest BCUT2D eigenvalue weighted by atomic mass is 16.7. The van der Waals surface area contributed by atoms with Gasteiger partial charge in [0.2, 0.25) is 30.4 Å². The van der Waals surface area contributed by atoms with Crippen LogP contribution < -0.4 is 41.6 Å². The van der Waals surface area contributed by atoms with E-state index in [1.165, 1.54) is 6.92 Å². The highest BCUT2D eigenvalue weighted by Crippen LogP contribution is 2.43. The number of aliphatic hydroxyl groups is 1. The molecule has 7 N–H and O–H groups in total. The molecule has 0 radical (unpaired) electrons. The van der Waals surface area contributed by atoms with Crippen molar-refractivity contribution in [1.82, 2.24) is 45.5 Å². The third-order valence-electron chi connectivity index (χ3n) is 15.3. The van der Waals surface area contributed by atoms with Crippen LogP contribution in [0.3, 0.4) is 0 Å². The number of ether oxygens (including phenoxy) is 4. The SMILES string of the molecule is CC[C@@]1(O)C(=O)OCc2c1cc1n(c2=O)Cc2c-1nc1cc3c(cc1c2CNCCN1CCN(C(=O)OCc2ccc(NC(=O)[C@H](CCC(=O)O)NC(=O)[C@H](C)NC(=O)[C@@H](CC(C)C)NC(=O)CCN4C(=O)C=CC4=O)cc2)CC1)OCO3. The number of imide groups is 1. The first kappa shape index (κ1) is 58.9. The highest BCUT2D eigenvalue weighted by Gasteiger charge is 2.46. The number of anilines is 1. The van der Waals surface area contributed by atoms with Crippen molar-refractivity contribution < 1.29 is 72.3 Å². The number of fused-ring (bicyclic) bond motifs is 6. The Morgan fingerprint density at radius 1 is 0.807 bits per heavy atom. The van der Waals surface area contributed by atoms with Crippen molar-refractivity contribution in [3.05, 3.63) is 92.8 Å². The minimum atomic E-state index is -1.96. The van der Waals surface area contributed by atoms with E-state index >= 15 is 0 Å². The zero-order valence-electron chi connectivity index (χ0n) is 46.4. The zero-order valence-corrected chi connectivity index (χ0v) is 46.4. The van der Waals surface area contributed by atoms with Gasteiger partial charge in [-0.1, -0.05) is 32.9 Å². The lowest BCUT2D eigenvalue weighted by atomic mass is 9.86. The van der Waals surface area contributed by atoms with Crippen molar-refractivity contribution in [2.75, 3.05) is 57.9 Å². The first-order valence-corrected chi connectivity index (χ1v) is 27.5. The number of piperazine rings is 1. The molecule has 26 nitrogen and oxygen atoms in total. The Hall–Kier alpha value is -8.75. The maximum Gasteiger partial charge on any atom is 0.410 e. The summed E-state index contributed by atoms with van der Waals surface area (Å²) in [4.78, 5) is 138. The number of benzene rings is 2. The number of hydrogen-bond acceptors (Lipinski definition) is 18. The van der Waals surface area contributed by atoms with Crippen LogP contribution in [0.5, 0.6) is 11.5 Å². The molecule has 2 aromatic heterocycles. The van der Waals surface area contributed by atoms with Gasteiger partial charge in [-0.2, -0.15) is 0 Å². The molecule has 0 unspecified atom stereocenters. The van der Waals surface area contributed by atoms with Crippen molar-refractivity contribution in [3.63, 3.8) is 0 Å². The maximum atomic E-state index is 14.0. The minimum absolute atomic E-state index is 0.0249. The van der Waals surface area contributed by atoms with Crippen LogP contribution in [0.4, 0.5) is 10.5 Å². The lowest BCUT2D eigenvalue weighted by Crippen LogP contribution is -2.55. The molecule has 83 heavy (non-hydrogen) atoms. The summed E-state index contributed by atoms with van der Waals surface area (Å²) in [5.41, 5.74) is 2.52. The van der Waals surface area contributed by atoms with Crippen LogP contribution in [-0.2, 0) is 79.7 Å². The van der Waals surface area contributed by atoms with Crippen LogP contribution in [0.1, 0.15) is 87.6 Å². The second-order valence-electron chi connectivity index (χ2n) is 21.4. The summed E-state index contributed by atoms with van der Waals surface area (Å²) in [6, 6.07) is 8.17. The number of rotatable bonds is 23. The first-order valence-electron chi connectivity index (χ1n) is 27.5. The topological polar surface area (TPSA) is 336 Å². The van der Waals surface area contributed by atoms with E-state index in [9.17, 15) is 58.2 Å². The molecule has 0 saturated carbocycles. The van der Waals surface area contributed by atoms with Crippen LogP contribution in [0, 0.1) is 5.92 Å². The van der Waals surface area contributed by atoms with Gasteiger partial charge in [0.1, 0.15) is 31.3 Å². The molecular formula is C57H66N10O16. The second-order valence-corrected chi connectivity index (χ2v) is 21.4. The minimum Gasteiger partial charge on any atom is -0.481 e. The summed E-state index contributed by atoms with van der Waals surface area (Å²) in [5.74, 6) is -4.86. The van der Waals surface area contributed by atoms with Crippen molar-refractivity contribution in [1.29, 1.82) is 0 Å². The number of carboxylic acid groups (broad SMARTS) is 1. The van der Waals surface area contributed by atoms with Crippen LogP contribution in [0.25, 0.3) is 22.3 Å².